The van der Waals surface area contributed by atoms with Gasteiger partial charge >= 0.3 is 0 Å². The number of terminal acetylenes is 1. The van der Waals surface area contributed by atoms with Gasteiger partial charge < -0.3 is 10.4 Å². The monoisotopic (exact) mass is 206 g/mol. The molecule has 1 aliphatic rings. The molecule has 0 aromatic heterocycles. The van der Waals surface area contributed by atoms with Gasteiger partial charge in [0.05, 0.1) is 6.07 Å². The van der Waals surface area contributed by atoms with Crippen LogP contribution in [0.5, 0.6) is 0 Å². The molecule has 15 heavy (non-hydrogen) atoms. The van der Waals surface area contributed by atoms with E-state index in [4.69, 9.17) is 11.7 Å². The molecule has 0 radical (unpaired) electrons. The summed E-state index contributed by atoms with van der Waals surface area (Å²) in [6.07, 6.45) is 7.04. The third-order valence-electron chi connectivity index (χ3n) is 3.47. The Morgan fingerprint density at radius 1 is 1.67 bits per heavy atom. The molecule has 0 bridgehead atoms. The largest absolute Gasteiger partial charge is 0.377 e. The predicted molar refractivity (Wildman–Crippen MR) is 58.8 cm³/mol. The Kier molecular flexibility index (Phi) is 3.39. The van der Waals surface area contributed by atoms with Crippen molar-refractivity contribution in [2.45, 2.75) is 44.8 Å². The van der Waals surface area contributed by atoms with Crippen molar-refractivity contribution in [3.63, 3.8) is 0 Å². The predicted octanol–water partition coefficient (Wildman–Crippen LogP) is 1.04. The molecule has 3 nitrogen and oxygen atoms in total. The fourth-order valence-electron chi connectivity index (χ4n) is 2.17. The molecule has 0 amide bonds. The van der Waals surface area contributed by atoms with Gasteiger partial charge in [-0.3, -0.25) is 0 Å². The zero-order valence-electron chi connectivity index (χ0n) is 9.38. The topological polar surface area (TPSA) is 56.0 Å². The molecule has 1 rings (SSSR count). The van der Waals surface area contributed by atoms with Crippen LogP contribution in [0.2, 0.25) is 0 Å². The lowest BCUT2D eigenvalue weighted by Gasteiger charge is -2.47. The second-order valence-corrected chi connectivity index (χ2v) is 4.71. The number of hydrogen-bond acceptors (Lipinski definition) is 3. The molecule has 3 atom stereocenters. The van der Waals surface area contributed by atoms with Gasteiger partial charge in [-0.15, -0.1) is 6.42 Å². The second-order valence-electron chi connectivity index (χ2n) is 4.71. The smallest absolute Gasteiger partial charge is 0.133 e. The highest BCUT2D eigenvalue weighted by Gasteiger charge is 2.48. The minimum absolute atomic E-state index is 0.223. The van der Waals surface area contributed by atoms with Crippen LogP contribution in [0.1, 0.15) is 33.1 Å². The van der Waals surface area contributed by atoms with Crippen molar-refractivity contribution in [3.8, 4) is 18.4 Å². The van der Waals surface area contributed by atoms with Crippen LogP contribution < -0.4 is 5.32 Å². The van der Waals surface area contributed by atoms with E-state index in [9.17, 15) is 5.11 Å². The fourth-order valence-corrected chi connectivity index (χ4v) is 2.17. The molecule has 0 aliphatic carbocycles. The zero-order valence-corrected chi connectivity index (χ0v) is 9.38. The Balaban J connectivity index is 2.87. The average molecular weight is 206 g/mol. The molecule has 82 valence electrons. The molecular formula is C12H18N2O. The van der Waals surface area contributed by atoms with Gasteiger partial charge in [-0.25, -0.2) is 0 Å². The summed E-state index contributed by atoms with van der Waals surface area (Å²) in [7, 11) is 0. The van der Waals surface area contributed by atoms with Crippen LogP contribution in [0, 0.1) is 29.1 Å². The van der Waals surface area contributed by atoms with E-state index >= 15 is 0 Å². The number of rotatable bonds is 2. The maximum atomic E-state index is 10.4. The van der Waals surface area contributed by atoms with Gasteiger partial charge in [0.15, 0.2) is 0 Å². The lowest BCUT2D eigenvalue weighted by molar-refractivity contribution is -0.0640. The maximum absolute atomic E-state index is 10.4. The third-order valence-corrected chi connectivity index (χ3v) is 3.47. The first-order valence-electron chi connectivity index (χ1n) is 5.28. The van der Waals surface area contributed by atoms with Gasteiger partial charge in [-0.05, 0) is 13.3 Å². The summed E-state index contributed by atoms with van der Waals surface area (Å²) in [5, 5.41) is 22.3. The van der Waals surface area contributed by atoms with Crippen molar-refractivity contribution in [1.82, 2.24) is 5.32 Å². The van der Waals surface area contributed by atoms with E-state index in [1.807, 2.05) is 13.8 Å². The van der Waals surface area contributed by atoms with E-state index < -0.39 is 11.0 Å². The minimum atomic E-state index is -1.09. The van der Waals surface area contributed by atoms with Crippen molar-refractivity contribution in [2.24, 2.45) is 5.41 Å². The molecule has 0 saturated carbocycles. The van der Waals surface area contributed by atoms with E-state index in [1.165, 1.54) is 0 Å². The molecule has 1 fully saturated rings. The molecule has 1 heterocycles. The summed E-state index contributed by atoms with van der Waals surface area (Å²) in [5.74, 6) is 2.52. The van der Waals surface area contributed by atoms with Gasteiger partial charge in [-0.1, -0.05) is 12.8 Å². The Hall–Kier alpha value is -1.03. The van der Waals surface area contributed by atoms with Gasteiger partial charge in [0.1, 0.15) is 5.60 Å². The van der Waals surface area contributed by atoms with Crippen LogP contribution in [-0.4, -0.2) is 23.3 Å². The molecule has 2 N–H and O–H groups in total. The van der Waals surface area contributed by atoms with Crippen molar-refractivity contribution in [3.05, 3.63) is 0 Å². The molecule has 1 aliphatic heterocycles. The van der Waals surface area contributed by atoms with Crippen molar-refractivity contribution >= 4 is 0 Å². The Labute approximate surface area is 91.5 Å². The summed E-state index contributed by atoms with van der Waals surface area (Å²) >= 11 is 0. The molecule has 1 saturated heterocycles. The Bertz CT molecular complexity index is 315. The molecular weight excluding hydrogens is 188 g/mol. The van der Waals surface area contributed by atoms with E-state index in [0.29, 0.717) is 25.8 Å². The van der Waals surface area contributed by atoms with Gasteiger partial charge in [0.25, 0.3) is 0 Å². The molecule has 3 heteroatoms. The van der Waals surface area contributed by atoms with E-state index in [0.717, 1.165) is 0 Å². The first kappa shape index (κ1) is 12.0. The number of nitriles is 1. The van der Waals surface area contributed by atoms with Crippen LogP contribution in [0.25, 0.3) is 0 Å². The Morgan fingerprint density at radius 2 is 2.33 bits per heavy atom. The molecule has 0 unspecified atom stereocenters. The summed E-state index contributed by atoms with van der Waals surface area (Å²) in [6, 6.07) is 2.33. The number of nitrogens with zero attached hydrogens (tertiary/aromatic N) is 1. The summed E-state index contributed by atoms with van der Waals surface area (Å²) in [5.41, 5.74) is -1.49. The van der Waals surface area contributed by atoms with Gasteiger partial charge in [-0.2, -0.15) is 5.26 Å². The van der Waals surface area contributed by atoms with Crippen LogP contribution in [0.15, 0.2) is 0 Å². The Morgan fingerprint density at radius 3 is 2.87 bits per heavy atom. The maximum Gasteiger partial charge on any atom is 0.133 e. The standard InChI is InChI=1S/C12H18N2O/c1-4-12(15)8-10(2)14-9-11(12,3)6-5-7-13/h1,10,14-15H,5-6,8-9H2,2-3H3/t10-,11-,12-/m0/s1. The lowest BCUT2D eigenvalue weighted by Crippen LogP contribution is -2.59. The van der Waals surface area contributed by atoms with E-state index in [2.05, 4.69) is 17.3 Å². The zero-order chi connectivity index (χ0) is 11.5. The van der Waals surface area contributed by atoms with Gasteiger partial charge in [0, 0.05) is 30.8 Å². The minimum Gasteiger partial charge on any atom is -0.377 e. The first-order valence-corrected chi connectivity index (χ1v) is 5.28. The second kappa shape index (κ2) is 4.23. The third kappa shape index (κ3) is 2.15. The van der Waals surface area contributed by atoms with Gasteiger partial charge in [0.2, 0.25) is 0 Å². The van der Waals surface area contributed by atoms with Crippen molar-refractivity contribution < 1.29 is 5.11 Å². The van der Waals surface area contributed by atoms with Crippen LogP contribution in [0.4, 0.5) is 0 Å². The van der Waals surface area contributed by atoms with Crippen molar-refractivity contribution in [2.75, 3.05) is 6.54 Å². The molecule has 0 spiro atoms. The molecule has 0 aromatic rings. The number of piperidine rings is 1. The summed E-state index contributed by atoms with van der Waals surface area (Å²) in [4.78, 5) is 0. The number of hydrogen-bond donors (Lipinski definition) is 2. The first-order chi connectivity index (χ1) is 6.97. The fraction of sp³-hybridized carbons (Fsp3) is 0.750. The number of nitrogens with one attached hydrogen (secondary N) is 1. The molecule has 0 aromatic carbocycles. The van der Waals surface area contributed by atoms with Crippen LogP contribution in [0.3, 0.4) is 0 Å². The normalized spacial score (nSPS) is 40.5. The average Bonchev–Trinajstić information content (AvgIpc) is 2.22. The quantitative estimate of drug-likeness (QED) is 0.664. The van der Waals surface area contributed by atoms with Crippen LogP contribution in [-0.2, 0) is 0 Å². The van der Waals surface area contributed by atoms with E-state index in [-0.39, 0.29) is 6.04 Å². The van der Waals surface area contributed by atoms with Crippen LogP contribution >= 0.6 is 0 Å². The highest BCUT2D eigenvalue weighted by molar-refractivity contribution is 5.19. The van der Waals surface area contributed by atoms with E-state index in [1.54, 1.807) is 0 Å². The SMILES string of the molecule is C#C[C@]1(O)C[C@H](C)NC[C@]1(C)CCC#N. The lowest BCUT2D eigenvalue weighted by atomic mass is 9.65. The summed E-state index contributed by atoms with van der Waals surface area (Å²) < 4.78 is 0. The number of aliphatic hydroxyl groups is 1. The highest BCUT2D eigenvalue weighted by Crippen LogP contribution is 2.41. The highest BCUT2D eigenvalue weighted by atomic mass is 16.3. The summed E-state index contributed by atoms with van der Waals surface area (Å²) in [6.45, 7) is 4.62. The van der Waals surface area contributed by atoms with Crippen molar-refractivity contribution in [1.29, 1.82) is 5.26 Å².